The second-order valence-electron chi connectivity index (χ2n) is 11.7. The van der Waals surface area contributed by atoms with Gasteiger partial charge in [0.05, 0.1) is 5.71 Å². The number of fused-ring (bicyclic) bond motifs is 5. The zero-order valence-electron chi connectivity index (χ0n) is 22.4. The molecule has 3 fully saturated rings. The number of nitrogens with zero attached hydrogens (tertiary/aromatic N) is 2. The van der Waals surface area contributed by atoms with Crippen LogP contribution in [0.1, 0.15) is 66.2 Å². The number of primary amides is 2. The first-order valence-electron chi connectivity index (χ1n) is 13.1. The Morgan fingerprint density at radius 3 is 2.50 bits per heavy atom. The van der Waals surface area contributed by atoms with Crippen LogP contribution >= 0.6 is 0 Å². The van der Waals surface area contributed by atoms with E-state index in [4.69, 9.17) is 16.2 Å². The largest absolute Gasteiger partial charge is 0.460 e. The first-order chi connectivity index (χ1) is 17.7. The number of allylic oxidation sites excluding steroid dienone is 2. The van der Waals surface area contributed by atoms with Gasteiger partial charge in [-0.25, -0.2) is 20.4 Å². The number of nitrogens with one attached hydrogen (secondary N) is 2. The molecule has 7 atom stereocenters. The minimum absolute atomic E-state index is 0.00581. The van der Waals surface area contributed by atoms with Gasteiger partial charge in [-0.15, -0.1) is 0 Å². The van der Waals surface area contributed by atoms with Gasteiger partial charge >= 0.3 is 18.0 Å². The van der Waals surface area contributed by atoms with Gasteiger partial charge < -0.3 is 21.3 Å². The smallest absolute Gasteiger partial charge is 0.332 e. The van der Waals surface area contributed by atoms with Gasteiger partial charge in [0.25, 0.3) is 0 Å². The molecule has 38 heavy (non-hydrogen) atoms. The molecular weight excluding hydrogens is 492 g/mol. The molecule has 0 aromatic heterocycles. The number of carbonyl (C=O) groups excluding carboxylic acids is 4. The standard InChI is InChI=1S/C26H38N6O6/c1-13-9-18-17-6-5-15-10-16(29-31-22(27)35)7-8-24(15,3)21(17)19(34)11-25(18,4)26(13,37)20(12-38-14(2)33)30-32-23(28)36/h10,13,17-18,21,37H,5-9,11-12H2,1-4H3,(H3,27,31,35)(H3,28,32,36)/t13-,17+,18+,21-,24+,25+,26+/m1/s1. The monoisotopic (exact) mass is 530 g/mol. The van der Waals surface area contributed by atoms with Crippen molar-refractivity contribution in [2.24, 2.45) is 56.2 Å². The van der Waals surface area contributed by atoms with Crippen LogP contribution in [0.5, 0.6) is 0 Å². The highest BCUT2D eigenvalue weighted by Crippen LogP contribution is 2.68. The Bertz CT molecular complexity index is 1150. The quantitative estimate of drug-likeness (QED) is 0.203. The number of rotatable bonds is 5. The predicted octanol–water partition coefficient (Wildman–Crippen LogP) is 1.72. The molecule has 0 saturated heterocycles. The molecule has 0 aromatic rings. The second kappa shape index (κ2) is 9.79. The summed E-state index contributed by atoms with van der Waals surface area (Å²) in [5, 5.41) is 20.5. The summed E-state index contributed by atoms with van der Waals surface area (Å²) in [5.41, 5.74) is 14.0. The summed E-state index contributed by atoms with van der Waals surface area (Å²) >= 11 is 0. The molecule has 0 aromatic carbocycles. The number of amides is 4. The van der Waals surface area contributed by atoms with Gasteiger partial charge in [-0.3, -0.25) is 9.59 Å². The molecule has 7 N–H and O–H groups in total. The molecule has 3 saturated carbocycles. The molecule has 12 nitrogen and oxygen atoms in total. The summed E-state index contributed by atoms with van der Waals surface area (Å²) in [4.78, 5) is 48.1. The highest BCUT2D eigenvalue weighted by molar-refractivity contribution is 5.99. The number of ether oxygens (including phenoxy) is 1. The number of carbonyl (C=O) groups is 4. The van der Waals surface area contributed by atoms with Gasteiger partial charge in [0, 0.05) is 24.7 Å². The molecule has 4 aliphatic carbocycles. The van der Waals surface area contributed by atoms with Gasteiger partial charge in [0.15, 0.2) is 0 Å². The maximum absolute atomic E-state index is 14.0. The fraction of sp³-hybridized carbons (Fsp3) is 0.692. The van der Waals surface area contributed by atoms with Crippen molar-refractivity contribution < 1.29 is 29.0 Å². The Kier molecular flexibility index (Phi) is 7.15. The lowest BCUT2D eigenvalue weighted by Gasteiger charge is -2.58. The Labute approximate surface area is 221 Å². The number of nitrogens with two attached hydrogens (primary N) is 2. The van der Waals surface area contributed by atoms with E-state index in [1.54, 1.807) is 0 Å². The molecule has 4 rings (SSSR count). The van der Waals surface area contributed by atoms with E-state index in [0.29, 0.717) is 12.8 Å². The average Bonchev–Trinajstić information content (AvgIpc) is 3.03. The van der Waals surface area contributed by atoms with Crippen LogP contribution in [0.15, 0.2) is 21.9 Å². The van der Waals surface area contributed by atoms with Crippen LogP contribution in [0, 0.1) is 34.5 Å². The highest BCUT2D eigenvalue weighted by atomic mass is 16.5. The van der Waals surface area contributed by atoms with E-state index in [9.17, 15) is 24.3 Å². The lowest BCUT2D eigenvalue weighted by molar-refractivity contribution is -0.153. The first-order valence-corrected chi connectivity index (χ1v) is 13.1. The van der Waals surface area contributed by atoms with Crippen LogP contribution in [0.4, 0.5) is 9.59 Å². The SMILES string of the molecule is CC(=O)OCC(=NNC(N)=O)[C@@]1(O)[C@H](C)C[C@H]2[C@@H]3CCC4=CC(=NNC(N)=O)CC[C@]4(C)[C@H]3C(=O)C[C@@]21C. The number of hydrogen-bond donors (Lipinski definition) is 5. The molecule has 0 bridgehead atoms. The Morgan fingerprint density at radius 2 is 1.87 bits per heavy atom. The molecule has 0 unspecified atom stereocenters. The number of urea groups is 2. The molecule has 0 heterocycles. The minimum Gasteiger partial charge on any atom is -0.460 e. The van der Waals surface area contributed by atoms with Crippen LogP contribution in [-0.2, 0) is 14.3 Å². The summed E-state index contributed by atoms with van der Waals surface area (Å²) in [5.74, 6) is -0.952. The topological polar surface area (TPSA) is 199 Å². The van der Waals surface area contributed by atoms with E-state index in [1.165, 1.54) is 6.92 Å². The molecule has 4 amide bonds. The van der Waals surface area contributed by atoms with Crippen molar-refractivity contribution >= 4 is 35.2 Å². The molecular formula is C26H38N6O6. The third-order valence-electron chi connectivity index (χ3n) is 9.71. The fourth-order valence-corrected chi connectivity index (χ4v) is 8.08. The van der Waals surface area contributed by atoms with E-state index in [1.807, 2.05) is 19.9 Å². The molecule has 4 aliphatic rings. The Morgan fingerprint density at radius 1 is 1.18 bits per heavy atom. The summed E-state index contributed by atoms with van der Waals surface area (Å²) in [6, 6.07) is -1.63. The van der Waals surface area contributed by atoms with E-state index in [-0.39, 0.29) is 53.6 Å². The van der Waals surface area contributed by atoms with Crippen LogP contribution in [0.3, 0.4) is 0 Å². The zero-order chi connectivity index (χ0) is 28.0. The third-order valence-corrected chi connectivity index (χ3v) is 9.71. The lowest BCUT2D eigenvalue weighted by atomic mass is 9.45. The molecule has 208 valence electrons. The number of aliphatic hydroxyl groups is 1. The van der Waals surface area contributed by atoms with E-state index < -0.39 is 29.0 Å². The minimum atomic E-state index is -1.60. The van der Waals surface area contributed by atoms with Gasteiger partial charge in [0.2, 0.25) is 0 Å². The van der Waals surface area contributed by atoms with Crippen LogP contribution in [-0.4, -0.2) is 52.6 Å². The number of Topliss-reactive ketones (excluding diaryl/α,β-unsaturated/α-hetero) is 1. The highest BCUT2D eigenvalue weighted by Gasteiger charge is 2.70. The van der Waals surface area contributed by atoms with Crippen LogP contribution in [0.2, 0.25) is 0 Å². The summed E-state index contributed by atoms with van der Waals surface area (Å²) in [7, 11) is 0. The van der Waals surface area contributed by atoms with Gasteiger partial charge in [-0.1, -0.05) is 26.3 Å². The van der Waals surface area contributed by atoms with Crippen LogP contribution < -0.4 is 22.3 Å². The predicted molar refractivity (Wildman–Crippen MR) is 139 cm³/mol. The van der Waals surface area contributed by atoms with Gasteiger partial charge in [0.1, 0.15) is 23.7 Å². The summed E-state index contributed by atoms with van der Waals surface area (Å²) in [6.07, 6.45) is 5.64. The van der Waals surface area contributed by atoms with Gasteiger partial charge in [-0.2, -0.15) is 10.2 Å². The summed E-state index contributed by atoms with van der Waals surface area (Å²) in [6.45, 7) is 6.88. The third kappa shape index (κ3) is 4.38. The first kappa shape index (κ1) is 27.7. The van der Waals surface area contributed by atoms with E-state index >= 15 is 0 Å². The van der Waals surface area contributed by atoms with Crippen LogP contribution in [0.25, 0.3) is 0 Å². The van der Waals surface area contributed by atoms with Gasteiger partial charge in [-0.05, 0) is 61.3 Å². The molecule has 0 radical (unpaired) electrons. The number of ketones is 1. The lowest BCUT2D eigenvalue weighted by Crippen LogP contribution is -2.62. The zero-order valence-corrected chi connectivity index (χ0v) is 22.4. The van der Waals surface area contributed by atoms with E-state index in [0.717, 1.165) is 30.5 Å². The van der Waals surface area contributed by atoms with Crippen molar-refractivity contribution in [3.05, 3.63) is 11.6 Å². The van der Waals surface area contributed by atoms with Crippen molar-refractivity contribution in [3.8, 4) is 0 Å². The number of hydrazone groups is 2. The normalized spacial score (nSPS) is 39.4. The van der Waals surface area contributed by atoms with Crippen molar-refractivity contribution in [1.29, 1.82) is 0 Å². The molecule has 0 spiro atoms. The Balaban J connectivity index is 1.70. The molecule has 0 aliphatic heterocycles. The number of esters is 1. The molecule has 12 heteroatoms. The van der Waals surface area contributed by atoms with Crippen molar-refractivity contribution in [1.82, 2.24) is 10.9 Å². The van der Waals surface area contributed by atoms with Crippen molar-refractivity contribution in [3.63, 3.8) is 0 Å². The second-order valence-corrected chi connectivity index (χ2v) is 11.7. The average molecular weight is 531 g/mol. The van der Waals surface area contributed by atoms with E-state index in [2.05, 4.69) is 28.0 Å². The fourth-order valence-electron chi connectivity index (χ4n) is 8.08. The summed E-state index contributed by atoms with van der Waals surface area (Å²) < 4.78 is 5.19. The maximum atomic E-state index is 14.0. The Hall–Kier alpha value is -3.28. The maximum Gasteiger partial charge on any atom is 0.332 e. The number of hydrogen-bond acceptors (Lipinski definition) is 8. The van der Waals surface area contributed by atoms with Crippen molar-refractivity contribution in [2.45, 2.75) is 71.8 Å². The van der Waals surface area contributed by atoms with Crippen molar-refractivity contribution in [2.75, 3.05) is 6.61 Å².